The molecule has 20 heavy (non-hydrogen) atoms. The van der Waals surface area contributed by atoms with Crippen LogP contribution in [0.1, 0.15) is 37.3 Å². The second kappa shape index (κ2) is 5.66. The third-order valence-corrected chi connectivity index (χ3v) is 3.87. The number of aromatic nitrogens is 1. The first-order chi connectivity index (χ1) is 9.44. The molecule has 4 N–H and O–H groups in total. The number of pyridine rings is 1. The van der Waals surface area contributed by atoms with Gasteiger partial charge in [-0.25, -0.2) is 4.98 Å². The molecular formula is C14H22N4O2. The molecule has 0 spiro atoms. The zero-order valence-electron chi connectivity index (χ0n) is 12.0. The van der Waals surface area contributed by atoms with E-state index in [1.165, 1.54) is 0 Å². The maximum absolute atomic E-state index is 10.2. The normalized spacial score (nSPS) is 24.6. The number of hydrogen-bond acceptors (Lipinski definition) is 5. The van der Waals surface area contributed by atoms with Crippen molar-refractivity contribution in [2.75, 3.05) is 18.0 Å². The molecular weight excluding hydrogens is 256 g/mol. The van der Waals surface area contributed by atoms with Crippen molar-refractivity contribution in [1.82, 2.24) is 4.98 Å². The molecule has 1 saturated heterocycles. The fourth-order valence-corrected chi connectivity index (χ4v) is 2.63. The molecule has 1 aliphatic rings. The quantitative estimate of drug-likeness (QED) is 0.327. The summed E-state index contributed by atoms with van der Waals surface area (Å²) >= 11 is 0. The van der Waals surface area contributed by atoms with Crippen LogP contribution >= 0.6 is 0 Å². The second-order valence-corrected chi connectivity index (χ2v) is 5.65. The zero-order valence-corrected chi connectivity index (χ0v) is 12.0. The van der Waals surface area contributed by atoms with Gasteiger partial charge in [0.15, 0.2) is 5.84 Å². The Kier molecular flexibility index (Phi) is 4.13. The highest BCUT2D eigenvalue weighted by Crippen LogP contribution is 2.27. The smallest absolute Gasteiger partial charge is 0.174 e. The summed E-state index contributed by atoms with van der Waals surface area (Å²) in [6, 6.07) is 1.84. The van der Waals surface area contributed by atoms with Crippen LogP contribution < -0.4 is 10.6 Å². The van der Waals surface area contributed by atoms with Gasteiger partial charge in [0.05, 0.1) is 11.2 Å². The first-order valence-corrected chi connectivity index (χ1v) is 6.85. The van der Waals surface area contributed by atoms with E-state index < -0.39 is 5.60 Å². The van der Waals surface area contributed by atoms with E-state index in [9.17, 15) is 5.11 Å². The average molecular weight is 278 g/mol. The molecule has 1 atom stereocenters. The summed E-state index contributed by atoms with van der Waals surface area (Å²) < 4.78 is 0. The van der Waals surface area contributed by atoms with E-state index >= 15 is 0 Å². The van der Waals surface area contributed by atoms with E-state index in [0.717, 1.165) is 30.8 Å². The predicted octanol–water partition coefficient (Wildman–Crippen LogP) is 1.23. The van der Waals surface area contributed by atoms with Gasteiger partial charge in [-0.15, -0.1) is 0 Å². The van der Waals surface area contributed by atoms with Crippen molar-refractivity contribution in [1.29, 1.82) is 0 Å². The fraction of sp³-hybridized carbons (Fsp3) is 0.571. The highest BCUT2D eigenvalue weighted by molar-refractivity contribution is 6.02. The van der Waals surface area contributed by atoms with Crippen molar-refractivity contribution in [2.24, 2.45) is 10.9 Å². The van der Waals surface area contributed by atoms with E-state index in [1.54, 1.807) is 6.20 Å². The predicted molar refractivity (Wildman–Crippen MR) is 78.2 cm³/mol. The number of oxime groups is 1. The lowest BCUT2D eigenvalue weighted by Crippen LogP contribution is -2.31. The Morgan fingerprint density at radius 1 is 1.45 bits per heavy atom. The number of hydrogen-bond donors (Lipinski definition) is 3. The van der Waals surface area contributed by atoms with E-state index in [4.69, 9.17) is 10.9 Å². The summed E-state index contributed by atoms with van der Waals surface area (Å²) in [5.41, 5.74) is 6.73. The van der Waals surface area contributed by atoms with Crippen molar-refractivity contribution >= 4 is 11.7 Å². The van der Waals surface area contributed by atoms with Crippen LogP contribution in [0.3, 0.4) is 0 Å². The van der Waals surface area contributed by atoms with Gasteiger partial charge in [0.25, 0.3) is 0 Å². The van der Waals surface area contributed by atoms with Crippen molar-refractivity contribution in [3.05, 3.63) is 23.4 Å². The summed E-state index contributed by atoms with van der Waals surface area (Å²) in [4.78, 5) is 6.49. The molecule has 1 aliphatic heterocycles. The van der Waals surface area contributed by atoms with Gasteiger partial charge in [-0.2, -0.15) is 0 Å². The number of amidine groups is 1. The fourth-order valence-electron chi connectivity index (χ4n) is 2.63. The average Bonchev–Trinajstić information content (AvgIpc) is 2.58. The van der Waals surface area contributed by atoms with Gasteiger partial charge in [-0.05, 0) is 44.7 Å². The van der Waals surface area contributed by atoms with Crippen molar-refractivity contribution in [3.8, 4) is 0 Å². The third kappa shape index (κ3) is 3.01. The number of aryl methyl sites for hydroxylation is 1. The van der Waals surface area contributed by atoms with E-state index in [1.807, 2.05) is 19.9 Å². The molecule has 1 unspecified atom stereocenters. The Morgan fingerprint density at radius 3 is 2.90 bits per heavy atom. The number of nitrogens with zero attached hydrogens (tertiary/aromatic N) is 3. The number of nitrogens with two attached hydrogens (primary N) is 1. The maximum Gasteiger partial charge on any atom is 0.174 e. The monoisotopic (exact) mass is 278 g/mol. The van der Waals surface area contributed by atoms with Gasteiger partial charge in [-0.1, -0.05) is 5.16 Å². The molecule has 2 heterocycles. The number of aliphatic hydroxyl groups is 1. The topological polar surface area (TPSA) is 95.0 Å². The maximum atomic E-state index is 10.2. The van der Waals surface area contributed by atoms with Gasteiger partial charge in [0, 0.05) is 19.3 Å². The van der Waals surface area contributed by atoms with Gasteiger partial charge < -0.3 is 20.9 Å². The first kappa shape index (κ1) is 14.6. The van der Waals surface area contributed by atoms with Crippen LogP contribution in [0.2, 0.25) is 0 Å². The summed E-state index contributed by atoms with van der Waals surface area (Å²) in [5.74, 6) is 0.791. The minimum absolute atomic E-state index is 0.0709. The summed E-state index contributed by atoms with van der Waals surface area (Å²) in [6.45, 7) is 5.28. The standard InChI is InChI=1S/C14H22N4O2/c1-10-4-7-16-13(11(10)12(15)17-20)18-8-3-5-14(2,19)6-9-18/h4,7,19-20H,3,5-6,8-9H2,1-2H3,(H2,15,17). The lowest BCUT2D eigenvalue weighted by molar-refractivity contribution is 0.0481. The molecule has 0 aromatic carbocycles. The molecule has 0 bridgehead atoms. The molecule has 1 aromatic rings. The molecule has 1 aromatic heterocycles. The Hall–Kier alpha value is -1.82. The lowest BCUT2D eigenvalue weighted by Gasteiger charge is -2.25. The van der Waals surface area contributed by atoms with Crippen molar-refractivity contribution < 1.29 is 10.3 Å². The van der Waals surface area contributed by atoms with Crippen molar-refractivity contribution in [2.45, 2.75) is 38.7 Å². The Bertz CT molecular complexity index is 514. The minimum Gasteiger partial charge on any atom is -0.409 e. The van der Waals surface area contributed by atoms with Crippen molar-refractivity contribution in [3.63, 3.8) is 0 Å². The van der Waals surface area contributed by atoms with Crippen LogP contribution in [0.15, 0.2) is 17.4 Å². The second-order valence-electron chi connectivity index (χ2n) is 5.65. The van der Waals surface area contributed by atoms with Crippen LogP contribution in [-0.2, 0) is 0 Å². The highest BCUT2D eigenvalue weighted by atomic mass is 16.4. The van der Waals surface area contributed by atoms with Crippen LogP contribution in [0, 0.1) is 6.92 Å². The Labute approximate surface area is 118 Å². The van der Waals surface area contributed by atoms with E-state index in [-0.39, 0.29) is 5.84 Å². The zero-order chi connectivity index (χ0) is 14.8. The minimum atomic E-state index is -0.630. The van der Waals surface area contributed by atoms with E-state index in [2.05, 4.69) is 15.0 Å². The summed E-state index contributed by atoms with van der Waals surface area (Å²) in [7, 11) is 0. The molecule has 110 valence electrons. The van der Waals surface area contributed by atoms with Gasteiger partial charge in [-0.3, -0.25) is 0 Å². The molecule has 0 aliphatic carbocycles. The van der Waals surface area contributed by atoms with E-state index in [0.29, 0.717) is 18.5 Å². The molecule has 2 rings (SSSR count). The largest absolute Gasteiger partial charge is 0.409 e. The third-order valence-electron chi connectivity index (χ3n) is 3.87. The number of anilines is 1. The van der Waals surface area contributed by atoms with Crippen LogP contribution in [0.25, 0.3) is 0 Å². The van der Waals surface area contributed by atoms with Gasteiger partial charge in [0.1, 0.15) is 5.82 Å². The highest BCUT2D eigenvalue weighted by Gasteiger charge is 2.27. The summed E-state index contributed by atoms with van der Waals surface area (Å²) in [5, 5.41) is 22.2. The van der Waals surface area contributed by atoms with Gasteiger partial charge in [0.2, 0.25) is 0 Å². The molecule has 0 saturated carbocycles. The van der Waals surface area contributed by atoms with Crippen LogP contribution in [0.4, 0.5) is 5.82 Å². The Balaban J connectivity index is 2.35. The molecule has 0 amide bonds. The van der Waals surface area contributed by atoms with Crippen LogP contribution in [-0.4, -0.2) is 39.8 Å². The Morgan fingerprint density at radius 2 is 2.20 bits per heavy atom. The summed E-state index contributed by atoms with van der Waals surface area (Å²) in [6.07, 6.45) is 4.06. The van der Waals surface area contributed by atoms with Gasteiger partial charge >= 0.3 is 0 Å². The van der Waals surface area contributed by atoms with Crippen LogP contribution in [0.5, 0.6) is 0 Å². The molecule has 0 radical (unpaired) electrons. The molecule has 6 heteroatoms. The number of rotatable bonds is 2. The molecule has 1 fully saturated rings. The molecule has 6 nitrogen and oxygen atoms in total. The lowest BCUT2D eigenvalue weighted by atomic mass is 9.98. The first-order valence-electron chi connectivity index (χ1n) is 6.85. The SMILES string of the molecule is Cc1ccnc(N2CCCC(C)(O)CC2)c1/C(N)=N/O.